The van der Waals surface area contributed by atoms with E-state index in [1.807, 2.05) is 30.3 Å². The van der Waals surface area contributed by atoms with Crippen molar-refractivity contribution < 1.29 is 24.5 Å². The van der Waals surface area contributed by atoms with Crippen molar-refractivity contribution in [3.05, 3.63) is 35.9 Å². The van der Waals surface area contributed by atoms with Crippen LogP contribution in [0.25, 0.3) is 0 Å². The first kappa shape index (κ1) is 13.3. The SMILES string of the molecule is O=C(O)C(=O)CC(O)COCc1ccccc1. The molecule has 0 saturated carbocycles. The van der Waals surface area contributed by atoms with Crippen molar-refractivity contribution in [3.8, 4) is 0 Å². The summed E-state index contributed by atoms with van der Waals surface area (Å²) >= 11 is 0. The summed E-state index contributed by atoms with van der Waals surface area (Å²) in [5, 5.41) is 17.7. The molecule has 92 valence electrons. The number of carbonyl (C=O) groups excluding carboxylic acids is 1. The molecule has 0 aliphatic rings. The van der Waals surface area contributed by atoms with Crippen molar-refractivity contribution in [1.29, 1.82) is 0 Å². The zero-order valence-corrected chi connectivity index (χ0v) is 9.20. The maximum Gasteiger partial charge on any atom is 0.372 e. The molecule has 0 amide bonds. The maximum absolute atomic E-state index is 10.8. The molecule has 0 radical (unpaired) electrons. The third kappa shape index (κ3) is 5.24. The van der Waals surface area contributed by atoms with Gasteiger partial charge in [0.05, 0.1) is 19.3 Å². The van der Waals surface area contributed by atoms with Crippen molar-refractivity contribution in [3.63, 3.8) is 0 Å². The Morgan fingerprint density at radius 2 is 1.88 bits per heavy atom. The van der Waals surface area contributed by atoms with Gasteiger partial charge in [0.2, 0.25) is 5.78 Å². The second-order valence-corrected chi connectivity index (χ2v) is 3.59. The molecule has 17 heavy (non-hydrogen) atoms. The summed E-state index contributed by atoms with van der Waals surface area (Å²) in [6.45, 7) is 0.257. The van der Waals surface area contributed by atoms with Gasteiger partial charge in [-0.3, -0.25) is 4.79 Å². The number of ketones is 1. The number of aliphatic hydroxyl groups excluding tert-OH is 1. The van der Waals surface area contributed by atoms with Crippen molar-refractivity contribution in [2.75, 3.05) is 6.61 Å². The fourth-order valence-electron chi connectivity index (χ4n) is 1.25. The van der Waals surface area contributed by atoms with Gasteiger partial charge in [-0.2, -0.15) is 0 Å². The highest BCUT2D eigenvalue weighted by molar-refractivity contribution is 6.32. The molecule has 0 saturated heterocycles. The van der Waals surface area contributed by atoms with Crippen LogP contribution in [-0.2, 0) is 20.9 Å². The number of Topliss-reactive ketones (excluding diaryl/α,β-unsaturated/α-hetero) is 1. The first-order valence-electron chi connectivity index (χ1n) is 5.15. The molecular formula is C12H14O5. The van der Waals surface area contributed by atoms with Gasteiger partial charge in [0.25, 0.3) is 0 Å². The van der Waals surface area contributed by atoms with E-state index in [2.05, 4.69) is 0 Å². The molecule has 1 atom stereocenters. The smallest absolute Gasteiger partial charge is 0.372 e. The van der Waals surface area contributed by atoms with Crippen LogP contribution in [0.3, 0.4) is 0 Å². The van der Waals surface area contributed by atoms with Crippen LogP contribution in [0.2, 0.25) is 0 Å². The lowest BCUT2D eigenvalue weighted by Gasteiger charge is -2.09. The Balaban J connectivity index is 2.23. The fourth-order valence-corrected chi connectivity index (χ4v) is 1.25. The highest BCUT2D eigenvalue weighted by Gasteiger charge is 2.16. The number of benzene rings is 1. The number of hydrogen-bond donors (Lipinski definition) is 2. The lowest BCUT2D eigenvalue weighted by atomic mass is 10.2. The van der Waals surface area contributed by atoms with E-state index in [1.54, 1.807) is 0 Å². The Kier molecular flexibility index (Phi) is 5.32. The standard InChI is InChI=1S/C12H14O5/c13-10(6-11(14)12(15)16)8-17-7-9-4-2-1-3-5-9/h1-5,10,13H,6-8H2,(H,15,16). The summed E-state index contributed by atoms with van der Waals surface area (Å²) in [4.78, 5) is 21.0. The van der Waals surface area contributed by atoms with Crippen LogP contribution >= 0.6 is 0 Å². The predicted octanol–water partition coefficient (Wildman–Crippen LogP) is 0.608. The van der Waals surface area contributed by atoms with E-state index < -0.39 is 24.3 Å². The summed E-state index contributed by atoms with van der Waals surface area (Å²) in [6, 6.07) is 9.35. The number of aliphatic carboxylic acids is 1. The number of aliphatic hydroxyl groups is 1. The van der Waals surface area contributed by atoms with Gasteiger partial charge in [-0.1, -0.05) is 30.3 Å². The Morgan fingerprint density at radius 3 is 2.47 bits per heavy atom. The predicted molar refractivity (Wildman–Crippen MR) is 59.4 cm³/mol. The quantitative estimate of drug-likeness (QED) is 0.680. The molecule has 1 unspecified atom stereocenters. The minimum atomic E-state index is -1.54. The Hall–Kier alpha value is -1.72. The first-order chi connectivity index (χ1) is 8.09. The van der Waals surface area contributed by atoms with Crippen LogP contribution < -0.4 is 0 Å². The zero-order chi connectivity index (χ0) is 12.7. The summed E-state index contributed by atoms with van der Waals surface area (Å²) in [5.41, 5.74) is 0.948. The molecule has 0 heterocycles. The molecule has 0 aliphatic carbocycles. The van der Waals surface area contributed by atoms with Crippen LogP contribution in [0, 0.1) is 0 Å². The fraction of sp³-hybridized carbons (Fsp3) is 0.333. The molecule has 1 rings (SSSR count). The Labute approximate surface area is 98.6 Å². The Bertz CT molecular complexity index is 374. The third-order valence-electron chi connectivity index (χ3n) is 2.08. The van der Waals surface area contributed by atoms with Gasteiger partial charge in [-0.15, -0.1) is 0 Å². The van der Waals surface area contributed by atoms with Crippen LogP contribution in [0.4, 0.5) is 0 Å². The van der Waals surface area contributed by atoms with E-state index >= 15 is 0 Å². The number of carboxylic acids is 1. The molecule has 1 aromatic carbocycles. The first-order valence-corrected chi connectivity index (χ1v) is 5.15. The van der Waals surface area contributed by atoms with E-state index in [0.717, 1.165) is 5.56 Å². The minimum Gasteiger partial charge on any atom is -0.475 e. The second-order valence-electron chi connectivity index (χ2n) is 3.59. The molecule has 2 N–H and O–H groups in total. The summed E-state index contributed by atoms with van der Waals surface area (Å²) in [7, 11) is 0. The van der Waals surface area contributed by atoms with Crippen molar-refractivity contribution in [2.24, 2.45) is 0 Å². The van der Waals surface area contributed by atoms with Gasteiger partial charge >= 0.3 is 5.97 Å². The molecule has 1 aromatic rings. The van der Waals surface area contributed by atoms with E-state index in [0.29, 0.717) is 6.61 Å². The number of rotatable bonds is 7. The van der Waals surface area contributed by atoms with E-state index in [1.165, 1.54) is 0 Å². The lowest BCUT2D eigenvalue weighted by molar-refractivity contribution is -0.150. The van der Waals surface area contributed by atoms with Crippen molar-refractivity contribution >= 4 is 11.8 Å². The molecule has 0 aromatic heterocycles. The van der Waals surface area contributed by atoms with Crippen LogP contribution in [0.5, 0.6) is 0 Å². The molecular weight excluding hydrogens is 224 g/mol. The number of carboxylic acid groups (broad SMARTS) is 1. The van der Waals surface area contributed by atoms with Gasteiger partial charge in [-0.25, -0.2) is 4.79 Å². The maximum atomic E-state index is 10.8. The topological polar surface area (TPSA) is 83.8 Å². The highest BCUT2D eigenvalue weighted by atomic mass is 16.5. The molecule has 5 heteroatoms. The van der Waals surface area contributed by atoms with Gasteiger partial charge < -0.3 is 14.9 Å². The van der Waals surface area contributed by atoms with Gasteiger partial charge in [0, 0.05) is 6.42 Å². The molecule has 5 nitrogen and oxygen atoms in total. The monoisotopic (exact) mass is 238 g/mol. The summed E-state index contributed by atoms with van der Waals surface area (Å²) < 4.78 is 5.17. The van der Waals surface area contributed by atoms with Gasteiger partial charge in [0.1, 0.15) is 0 Å². The normalized spacial score (nSPS) is 12.1. The summed E-state index contributed by atoms with van der Waals surface area (Å²) in [6.07, 6.45) is -1.51. The molecule has 0 fully saturated rings. The Morgan fingerprint density at radius 1 is 1.24 bits per heavy atom. The van der Waals surface area contributed by atoms with E-state index in [4.69, 9.17) is 9.84 Å². The molecule has 0 bridgehead atoms. The lowest BCUT2D eigenvalue weighted by Crippen LogP contribution is -2.24. The van der Waals surface area contributed by atoms with Crippen LogP contribution in [0.15, 0.2) is 30.3 Å². The van der Waals surface area contributed by atoms with Gasteiger partial charge in [-0.05, 0) is 5.56 Å². The zero-order valence-electron chi connectivity index (χ0n) is 9.20. The van der Waals surface area contributed by atoms with Crippen molar-refractivity contribution in [2.45, 2.75) is 19.1 Å². The van der Waals surface area contributed by atoms with Crippen LogP contribution in [0.1, 0.15) is 12.0 Å². The average molecular weight is 238 g/mol. The van der Waals surface area contributed by atoms with E-state index in [-0.39, 0.29) is 6.61 Å². The van der Waals surface area contributed by atoms with Crippen molar-refractivity contribution in [1.82, 2.24) is 0 Å². The number of hydrogen-bond acceptors (Lipinski definition) is 4. The van der Waals surface area contributed by atoms with Gasteiger partial charge in [0.15, 0.2) is 0 Å². The average Bonchev–Trinajstić information content (AvgIpc) is 2.30. The van der Waals surface area contributed by atoms with E-state index in [9.17, 15) is 14.7 Å². The second kappa shape index (κ2) is 6.78. The molecule has 0 spiro atoms. The summed E-state index contributed by atoms with van der Waals surface area (Å²) in [5.74, 6) is -2.55. The number of carbonyl (C=O) groups is 2. The largest absolute Gasteiger partial charge is 0.475 e. The van der Waals surface area contributed by atoms with Crippen LogP contribution in [-0.4, -0.2) is 34.7 Å². The highest BCUT2D eigenvalue weighted by Crippen LogP contribution is 2.02. The number of ether oxygens (including phenoxy) is 1. The minimum absolute atomic E-state index is 0.0616. The third-order valence-corrected chi connectivity index (χ3v) is 2.08. The molecule has 0 aliphatic heterocycles.